The highest BCUT2D eigenvalue weighted by Gasteiger charge is 2.10. The van der Waals surface area contributed by atoms with Gasteiger partial charge >= 0.3 is 0 Å². The van der Waals surface area contributed by atoms with Crippen LogP contribution in [0.1, 0.15) is 114 Å². The molecule has 0 heterocycles. The summed E-state index contributed by atoms with van der Waals surface area (Å²) in [6, 6.07) is 0. The standard InChI is InChI=1S/C30H54O2/c1-24(2)13-10-16-27(7)19-21-31-30(23-29(9)18-12-15-26(5)6)32-22-20-28(8)17-11-14-25(3)4/h13-15,23,27-28,30H,10-12,16-22H2,1-9H3/b29-23-/t27-,28-/m1/s1. The average molecular weight is 447 g/mol. The quantitative estimate of drug-likeness (QED) is 0.154. The molecule has 0 fully saturated rings. The summed E-state index contributed by atoms with van der Waals surface area (Å²) in [7, 11) is 0. The zero-order valence-corrected chi connectivity index (χ0v) is 22.9. The fourth-order valence-corrected chi connectivity index (χ4v) is 3.42. The molecule has 2 heteroatoms. The van der Waals surface area contributed by atoms with Crippen molar-refractivity contribution in [2.75, 3.05) is 13.2 Å². The van der Waals surface area contributed by atoms with Gasteiger partial charge in [-0.2, -0.15) is 0 Å². The summed E-state index contributed by atoms with van der Waals surface area (Å²) in [6.45, 7) is 21.4. The first kappa shape index (κ1) is 30.9. The largest absolute Gasteiger partial charge is 0.349 e. The van der Waals surface area contributed by atoms with E-state index in [-0.39, 0.29) is 6.29 Å². The molecular weight excluding hydrogens is 392 g/mol. The third kappa shape index (κ3) is 20.8. The van der Waals surface area contributed by atoms with E-state index >= 15 is 0 Å². The molecule has 0 aliphatic heterocycles. The lowest BCUT2D eigenvalue weighted by atomic mass is 10.0. The lowest BCUT2D eigenvalue weighted by Crippen LogP contribution is -2.19. The molecule has 0 aromatic heterocycles. The van der Waals surface area contributed by atoms with Gasteiger partial charge in [0.15, 0.2) is 6.29 Å². The van der Waals surface area contributed by atoms with Crippen molar-refractivity contribution in [1.29, 1.82) is 0 Å². The summed E-state index contributed by atoms with van der Waals surface area (Å²) in [4.78, 5) is 0. The number of hydrogen-bond acceptors (Lipinski definition) is 2. The molecule has 0 amide bonds. The van der Waals surface area contributed by atoms with Gasteiger partial charge in [-0.05, 0) is 118 Å². The second-order valence-electron chi connectivity index (χ2n) is 10.4. The number of hydrogen-bond donors (Lipinski definition) is 0. The molecule has 0 spiro atoms. The third-order valence-electron chi connectivity index (χ3n) is 5.72. The van der Waals surface area contributed by atoms with Crippen molar-refractivity contribution >= 4 is 0 Å². The average Bonchev–Trinajstić information content (AvgIpc) is 2.66. The fraction of sp³-hybridized carbons (Fsp3) is 0.733. The van der Waals surface area contributed by atoms with Gasteiger partial charge < -0.3 is 9.47 Å². The number of allylic oxidation sites excluding steroid dienone is 7. The third-order valence-corrected chi connectivity index (χ3v) is 5.72. The number of ether oxygens (including phenoxy) is 2. The van der Waals surface area contributed by atoms with Gasteiger partial charge in [0.25, 0.3) is 0 Å². The van der Waals surface area contributed by atoms with E-state index in [9.17, 15) is 0 Å². The van der Waals surface area contributed by atoms with Crippen LogP contribution in [0.4, 0.5) is 0 Å². The van der Waals surface area contributed by atoms with Crippen LogP contribution in [0.5, 0.6) is 0 Å². The van der Waals surface area contributed by atoms with Crippen LogP contribution in [0.15, 0.2) is 46.6 Å². The minimum atomic E-state index is -0.225. The molecule has 0 radical (unpaired) electrons. The van der Waals surface area contributed by atoms with Crippen LogP contribution in [0.2, 0.25) is 0 Å². The van der Waals surface area contributed by atoms with Crippen molar-refractivity contribution in [2.24, 2.45) is 11.8 Å². The molecule has 0 aliphatic rings. The maximum absolute atomic E-state index is 6.19. The van der Waals surface area contributed by atoms with E-state index < -0.39 is 0 Å². The van der Waals surface area contributed by atoms with Crippen molar-refractivity contribution in [3.63, 3.8) is 0 Å². The maximum Gasteiger partial charge on any atom is 0.177 e. The van der Waals surface area contributed by atoms with Gasteiger partial charge in [-0.25, -0.2) is 0 Å². The van der Waals surface area contributed by atoms with E-state index in [1.807, 2.05) is 0 Å². The highest BCUT2D eigenvalue weighted by molar-refractivity contribution is 5.03. The fourth-order valence-electron chi connectivity index (χ4n) is 3.42. The minimum Gasteiger partial charge on any atom is -0.349 e. The monoisotopic (exact) mass is 446 g/mol. The molecule has 0 aromatic carbocycles. The molecule has 32 heavy (non-hydrogen) atoms. The van der Waals surface area contributed by atoms with Gasteiger partial charge in [0.2, 0.25) is 0 Å². The lowest BCUT2D eigenvalue weighted by Gasteiger charge is -2.19. The molecule has 0 saturated carbocycles. The Morgan fingerprint density at radius 2 is 1.00 bits per heavy atom. The first-order valence-electron chi connectivity index (χ1n) is 12.9. The molecule has 186 valence electrons. The predicted octanol–water partition coefficient (Wildman–Crippen LogP) is 9.58. The summed E-state index contributed by atoms with van der Waals surface area (Å²) < 4.78 is 12.4. The van der Waals surface area contributed by atoms with Gasteiger partial charge in [0.05, 0.1) is 13.2 Å². The first-order chi connectivity index (χ1) is 15.1. The van der Waals surface area contributed by atoms with Crippen LogP contribution in [-0.4, -0.2) is 19.5 Å². The van der Waals surface area contributed by atoms with E-state index in [2.05, 4.69) is 86.6 Å². The van der Waals surface area contributed by atoms with Crippen LogP contribution < -0.4 is 0 Å². The van der Waals surface area contributed by atoms with E-state index in [0.29, 0.717) is 11.8 Å². The summed E-state index contributed by atoms with van der Waals surface area (Å²) >= 11 is 0. The van der Waals surface area contributed by atoms with Gasteiger partial charge in [-0.15, -0.1) is 0 Å². The summed E-state index contributed by atoms with van der Waals surface area (Å²) in [5.41, 5.74) is 5.54. The molecule has 0 bridgehead atoms. The van der Waals surface area contributed by atoms with Crippen molar-refractivity contribution in [1.82, 2.24) is 0 Å². The Hall–Kier alpha value is -1.12. The molecule has 0 rings (SSSR count). The summed E-state index contributed by atoms with van der Waals surface area (Å²) in [5.74, 6) is 1.34. The van der Waals surface area contributed by atoms with E-state index in [0.717, 1.165) is 51.7 Å². The summed E-state index contributed by atoms with van der Waals surface area (Å²) in [6.07, 6.45) is 18.0. The van der Waals surface area contributed by atoms with Gasteiger partial charge in [0.1, 0.15) is 0 Å². The highest BCUT2D eigenvalue weighted by Crippen LogP contribution is 2.16. The van der Waals surface area contributed by atoms with Crippen LogP contribution in [0.3, 0.4) is 0 Å². The number of rotatable bonds is 18. The summed E-state index contributed by atoms with van der Waals surface area (Å²) in [5, 5.41) is 0. The Balaban J connectivity index is 4.60. The second kappa shape index (κ2) is 19.4. The highest BCUT2D eigenvalue weighted by atomic mass is 16.7. The van der Waals surface area contributed by atoms with Gasteiger partial charge in [-0.1, -0.05) is 54.4 Å². The van der Waals surface area contributed by atoms with Gasteiger partial charge in [0, 0.05) is 0 Å². The maximum atomic E-state index is 6.19. The Kier molecular flexibility index (Phi) is 18.7. The molecule has 0 saturated heterocycles. The smallest absolute Gasteiger partial charge is 0.177 e. The van der Waals surface area contributed by atoms with Crippen LogP contribution >= 0.6 is 0 Å². The first-order valence-corrected chi connectivity index (χ1v) is 12.9. The van der Waals surface area contributed by atoms with Crippen molar-refractivity contribution in [2.45, 2.75) is 120 Å². The SMILES string of the molecule is CC(C)=CCC/C(C)=C\C(OCC[C@H](C)CCC=C(C)C)OCC[C@H](C)CCC=C(C)C. The molecular formula is C30H54O2. The van der Waals surface area contributed by atoms with E-state index in [1.165, 1.54) is 35.1 Å². The van der Waals surface area contributed by atoms with Crippen LogP contribution in [-0.2, 0) is 9.47 Å². The zero-order chi connectivity index (χ0) is 24.4. The molecule has 0 aliphatic carbocycles. The Bertz CT molecular complexity index is 548. The molecule has 2 nitrogen and oxygen atoms in total. The van der Waals surface area contributed by atoms with E-state index in [4.69, 9.17) is 9.47 Å². The Morgan fingerprint density at radius 1 is 0.594 bits per heavy atom. The predicted molar refractivity (Wildman–Crippen MR) is 143 cm³/mol. The minimum absolute atomic E-state index is 0.225. The molecule has 0 N–H and O–H groups in total. The molecule has 0 unspecified atom stereocenters. The molecule has 2 atom stereocenters. The Labute approximate surface area is 201 Å². The molecule has 0 aromatic rings. The topological polar surface area (TPSA) is 18.5 Å². The zero-order valence-electron chi connectivity index (χ0n) is 22.9. The van der Waals surface area contributed by atoms with E-state index in [1.54, 1.807) is 0 Å². The van der Waals surface area contributed by atoms with Crippen LogP contribution in [0.25, 0.3) is 0 Å². The Morgan fingerprint density at radius 3 is 1.41 bits per heavy atom. The van der Waals surface area contributed by atoms with Crippen molar-refractivity contribution < 1.29 is 9.47 Å². The van der Waals surface area contributed by atoms with Gasteiger partial charge in [-0.3, -0.25) is 0 Å². The normalized spacial score (nSPS) is 13.6. The second-order valence-corrected chi connectivity index (χ2v) is 10.4. The lowest BCUT2D eigenvalue weighted by molar-refractivity contribution is -0.116. The van der Waals surface area contributed by atoms with Crippen LogP contribution in [0, 0.1) is 11.8 Å². The van der Waals surface area contributed by atoms with Crippen molar-refractivity contribution in [3.05, 3.63) is 46.6 Å². The van der Waals surface area contributed by atoms with Crippen molar-refractivity contribution in [3.8, 4) is 0 Å².